The van der Waals surface area contributed by atoms with Crippen molar-refractivity contribution in [2.45, 2.75) is 18.4 Å². The van der Waals surface area contributed by atoms with E-state index >= 15 is 0 Å². The number of amides is 2. The number of aliphatic hydroxyl groups excluding tert-OH is 1. The molecule has 12 heteroatoms. The van der Waals surface area contributed by atoms with E-state index in [9.17, 15) is 27.9 Å². The summed E-state index contributed by atoms with van der Waals surface area (Å²) >= 11 is 0. The summed E-state index contributed by atoms with van der Waals surface area (Å²) in [6.45, 7) is 0.0548. The Balaban J connectivity index is 0.00000324. The van der Waals surface area contributed by atoms with Crippen molar-refractivity contribution < 1.29 is 32.6 Å². The third kappa shape index (κ3) is 5.06. The fourth-order valence-electron chi connectivity index (χ4n) is 3.55. The van der Waals surface area contributed by atoms with Gasteiger partial charge in [-0.1, -0.05) is 0 Å². The van der Waals surface area contributed by atoms with Crippen LogP contribution in [0.15, 0.2) is 54.7 Å². The van der Waals surface area contributed by atoms with E-state index in [0.29, 0.717) is 22.3 Å². The minimum atomic E-state index is -4.50. The quantitative estimate of drug-likeness (QED) is 0.511. The van der Waals surface area contributed by atoms with Crippen LogP contribution in [-0.2, 0) is 20.5 Å². The summed E-state index contributed by atoms with van der Waals surface area (Å²) in [6.07, 6.45) is -6.34. The predicted molar refractivity (Wildman–Crippen MR) is 122 cm³/mol. The molecule has 0 saturated carbocycles. The number of ether oxygens (including phenoxy) is 1. The van der Waals surface area contributed by atoms with E-state index in [0.717, 1.165) is 24.3 Å². The number of fused-ring (bicyclic) bond motifs is 1. The highest BCUT2D eigenvalue weighted by Gasteiger charge is 2.39. The van der Waals surface area contributed by atoms with Crippen LogP contribution in [-0.4, -0.2) is 47.3 Å². The molecule has 0 radical (unpaired) electrons. The Labute approximate surface area is 197 Å². The van der Waals surface area contributed by atoms with Crippen molar-refractivity contribution in [2.75, 3.05) is 29.1 Å². The number of aliphatic hydroxyl groups is 1. The molecule has 2 atom stereocenters. The number of anilines is 3. The molecule has 0 bridgehead atoms. The number of rotatable bonds is 4. The number of benzene rings is 2. The highest BCUT2D eigenvalue weighted by molar-refractivity contribution is 6.04. The van der Waals surface area contributed by atoms with Crippen LogP contribution in [0.25, 0.3) is 10.8 Å². The minimum Gasteiger partial charge on any atom is -0.383 e. The molecule has 0 aliphatic carbocycles. The predicted octanol–water partition coefficient (Wildman–Crippen LogP) is 2.99. The number of nitrogen functional groups attached to an aromatic ring is 1. The number of hydrogen-bond donors (Lipinski definition) is 3. The molecule has 2 heterocycles. The standard InChI is InChI=1S/C22H19F3N4O4.ClH/c23-22(24,25)13-1-4-15(5-2-13)29-9-10-33-18(21(29)32)17(30)20(31)28-14-3-6-16-12(11-14)7-8-27-19(16)26;/h1-8,11,17-18,30H,9-10H2,(H2,26,27)(H,28,31);1H/t17?,18-;/m1./s1. The zero-order valence-electron chi connectivity index (χ0n) is 17.5. The lowest BCUT2D eigenvalue weighted by atomic mass is 10.1. The molecular formula is C22H20ClF3N4O4. The van der Waals surface area contributed by atoms with Crippen LogP contribution < -0.4 is 16.0 Å². The summed E-state index contributed by atoms with van der Waals surface area (Å²) in [5.41, 5.74) is 5.52. The van der Waals surface area contributed by atoms with E-state index in [2.05, 4.69) is 10.3 Å². The fourth-order valence-corrected chi connectivity index (χ4v) is 3.55. The van der Waals surface area contributed by atoms with Crippen molar-refractivity contribution in [1.82, 2.24) is 4.98 Å². The molecule has 1 aliphatic rings. The molecule has 2 amide bonds. The Bertz CT molecular complexity index is 1210. The van der Waals surface area contributed by atoms with Gasteiger partial charge >= 0.3 is 6.18 Å². The number of morpholine rings is 1. The minimum absolute atomic E-state index is 0. The maximum absolute atomic E-state index is 12.8. The number of nitrogens with two attached hydrogens (primary N) is 1. The fraction of sp³-hybridized carbons (Fsp3) is 0.227. The molecule has 8 nitrogen and oxygen atoms in total. The first-order valence-corrected chi connectivity index (χ1v) is 9.88. The molecule has 2 aromatic carbocycles. The number of halogens is 4. The lowest BCUT2D eigenvalue weighted by molar-refractivity contribution is -0.150. The van der Waals surface area contributed by atoms with Gasteiger partial charge in [0.15, 0.2) is 12.2 Å². The van der Waals surface area contributed by atoms with Crippen LogP contribution in [0.3, 0.4) is 0 Å². The van der Waals surface area contributed by atoms with E-state index in [1.54, 1.807) is 24.3 Å². The lowest BCUT2D eigenvalue weighted by Crippen LogP contribution is -2.55. The zero-order valence-corrected chi connectivity index (χ0v) is 18.3. The molecule has 1 fully saturated rings. The van der Waals surface area contributed by atoms with Crippen LogP contribution in [0.4, 0.5) is 30.4 Å². The molecule has 1 aliphatic heterocycles. The van der Waals surface area contributed by atoms with Gasteiger partial charge in [0.1, 0.15) is 5.82 Å². The molecule has 1 aromatic heterocycles. The molecule has 1 unspecified atom stereocenters. The van der Waals surface area contributed by atoms with E-state index in [4.69, 9.17) is 10.5 Å². The van der Waals surface area contributed by atoms with Gasteiger partial charge < -0.3 is 25.8 Å². The molecule has 3 aromatic rings. The van der Waals surface area contributed by atoms with Gasteiger partial charge in [0.25, 0.3) is 11.8 Å². The molecule has 4 rings (SSSR count). The summed E-state index contributed by atoms with van der Waals surface area (Å²) in [5.74, 6) is -1.28. The van der Waals surface area contributed by atoms with Crippen molar-refractivity contribution in [3.63, 3.8) is 0 Å². The number of nitrogens with zero attached hydrogens (tertiary/aromatic N) is 2. The van der Waals surface area contributed by atoms with E-state index in [1.807, 2.05) is 0 Å². The van der Waals surface area contributed by atoms with Gasteiger partial charge in [-0.2, -0.15) is 13.2 Å². The number of nitrogens with one attached hydrogen (secondary N) is 1. The molecular weight excluding hydrogens is 477 g/mol. The summed E-state index contributed by atoms with van der Waals surface area (Å²) in [4.78, 5) is 30.6. The molecule has 1 saturated heterocycles. The van der Waals surface area contributed by atoms with E-state index in [-0.39, 0.29) is 31.2 Å². The number of hydrogen-bond acceptors (Lipinski definition) is 6. The van der Waals surface area contributed by atoms with Crippen LogP contribution in [0.5, 0.6) is 0 Å². The Kier molecular flexibility index (Phi) is 7.29. The van der Waals surface area contributed by atoms with Gasteiger partial charge in [0.05, 0.1) is 12.2 Å². The number of alkyl halides is 3. The second kappa shape index (κ2) is 9.84. The van der Waals surface area contributed by atoms with Crippen molar-refractivity contribution in [1.29, 1.82) is 0 Å². The highest BCUT2D eigenvalue weighted by Crippen LogP contribution is 2.31. The smallest absolute Gasteiger partial charge is 0.383 e. The first-order valence-electron chi connectivity index (χ1n) is 9.88. The summed E-state index contributed by atoms with van der Waals surface area (Å²) < 4.78 is 43.7. The maximum Gasteiger partial charge on any atom is 0.416 e. The monoisotopic (exact) mass is 496 g/mol. The van der Waals surface area contributed by atoms with Crippen molar-refractivity contribution >= 4 is 52.2 Å². The third-order valence-corrected chi connectivity index (χ3v) is 5.25. The van der Waals surface area contributed by atoms with Gasteiger partial charge in [0, 0.05) is 29.5 Å². The number of pyridine rings is 1. The van der Waals surface area contributed by atoms with Crippen LogP contribution in [0.1, 0.15) is 5.56 Å². The topological polar surface area (TPSA) is 118 Å². The number of carbonyl (C=O) groups is 2. The molecule has 180 valence electrons. The Morgan fingerprint density at radius 1 is 1.21 bits per heavy atom. The second-order valence-corrected chi connectivity index (χ2v) is 7.39. The first kappa shape index (κ1) is 25.2. The Hall–Kier alpha value is -3.41. The molecule has 0 spiro atoms. The average Bonchev–Trinajstić information content (AvgIpc) is 2.78. The molecule has 4 N–H and O–H groups in total. The SMILES string of the molecule is Cl.Nc1nccc2cc(NC(=O)C(O)[C@H]3OCCN(c4ccc(C(F)(F)F)cc4)C3=O)ccc12. The van der Waals surface area contributed by atoms with Crippen LogP contribution >= 0.6 is 12.4 Å². The van der Waals surface area contributed by atoms with Crippen LogP contribution in [0.2, 0.25) is 0 Å². The highest BCUT2D eigenvalue weighted by atomic mass is 35.5. The Morgan fingerprint density at radius 2 is 1.91 bits per heavy atom. The lowest BCUT2D eigenvalue weighted by Gasteiger charge is -2.34. The van der Waals surface area contributed by atoms with Gasteiger partial charge in [0.2, 0.25) is 0 Å². The number of aromatic nitrogens is 1. The van der Waals surface area contributed by atoms with Gasteiger partial charge in [-0.25, -0.2) is 4.98 Å². The number of carbonyl (C=O) groups excluding carboxylic acids is 2. The summed E-state index contributed by atoms with van der Waals surface area (Å²) in [5, 5.41) is 14.4. The van der Waals surface area contributed by atoms with Gasteiger partial charge in [-0.05, 0) is 53.9 Å². The van der Waals surface area contributed by atoms with Crippen LogP contribution in [0, 0.1) is 0 Å². The largest absolute Gasteiger partial charge is 0.416 e. The molecule has 34 heavy (non-hydrogen) atoms. The third-order valence-electron chi connectivity index (χ3n) is 5.25. The maximum atomic E-state index is 12.8. The van der Waals surface area contributed by atoms with Gasteiger partial charge in [-0.15, -0.1) is 12.4 Å². The van der Waals surface area contributed by atoms with Crippen molar-refractivity contribution in [3.8, 4) is 0 Å². The van der Waals surface area contributed by atoms with Gasteiger partial charge in [-0.3, -0.25) is 9.59 Å². The van der Waals surface area contributed by atoms with Crippen molar-refractivity contribution in [2.24, 2.45) is 0 Å². The zero-order chi connectivity index (χ0) is 23.8. The average molecular weight is 497 g/mol. The van der Waals surface area contributed by atoms with E-state index < -0.39 is 35.8 Å². The first-order chi connectivity index (χ1) is 15.6. The normalized spacial score (nSPS) is 17.2. The summed E-state index contributed by atoms with van der Waals surface area (Å²) in [6, 6.07) is 10.6. The second-order valence-electron chi connectivity index (χ2n) is 7.39. The Morgan fingerprint density at radius 3 is 2.59 bits per heavy atom. The van der Waals surface area contributed by atoms with E-state index in [1.165, 1.54) is 11.1 Å². The summed E-state index contributed by atoms with van der Waals surface area (Å²) in [7, 11) is 0. The van der Waals surface area contributed by atoms with Crippen molar-refractivity contribution in [3.05, 3.63) is 60.3 Å².